The van der Waals surface area contributed by atoms with Crippen molar-refractivity contribution in [2.45, 2.75) is 12.2 Å². The zero-order chi connectivity index (χ0) is 17.9. The quantitative estimate of drug-likeness (QED) is 0.471. The lowest BCUT2D eigenvalue weighted by molar-refractivity contribution is -0.192. The first kappa shape index (κ1) is 17.4. The summed E-state index contributed by atoms with van der Waals surface area (Å²) < 4.78 is 31.7. The largest absolute Gasteiger partial charge is 0.490 e. The maximum Gasteiger partial charge on any atom is 0.490 e. The Morgan fingerprint density at radius 3 is 2.58 bits per heavy atom. The number of primary amides is 1. The van der Waals surface area contributed by atoms with Crippen molar-refractivity contribution in [3.63, 3.8) is 0 Å². The number of carbonyl (C=O) groups is 2. The molecule has 11 heteroatoms. The molecule has 1 aliphatic carbocycles. The van der Waals surface area contributed by atoms with Crippen LogP contribution in [-0.4, -0.2) is 39.2 Å². The van der Waals surface area contributed by atoms with Crippen LogP contribution in [0.1, 0.15) is 0 Å². The third kappa shape index (κ3) is 3.68. The van der Waals surface area contributed by atoms with Gasteiger partial charge in [-0.15, -0.1) is 0 Å². The number of nitrogens with zero attached hydrogens (tertiary/aromatic N) is 2. The van der Waals surface area contributed by atoms with E-state index in [2.05, 4.69) is 20.8 Å². The molecule has 2 unspecified atom stereocenters. The first-order valence-electron chi connectivity index (χ1n) is 6.51. The summed E-state index contributed by atoms with van der Waals surface area (Å²) in [6.45, 7) is 0. The number of carbonyl (C=O) groups excluding carboxylic acids is 1. The number of fused-ring (bicyclic) bond motifs is 2. The van der Waals surface area contributed by atoms with Crippen LogP contribution in [0.2, 0.25) is 0 Å². The average Bonchev–Trinajstić information content (AvgIpc) is 2.83. The molecule has 0 saturated carbocycles. The van der Waals surface area contributed by atoms with E-state index in [0.717, 1.165) is 16.3 Å². The topological polar surface area (TPSA) is 130 Å². The van der Waals surface area contributed by atoms with Crippen molar-refractivity contribution < 1.29 is 27.9 Å². The number of nitrogens with two attached hydrogens (primary N) is 1. The lowest BCUT2D eigenvalue weighted by atomic mass is 9.98. The van der Waals surface area contributed by atoms with E-state index < -0.39 is 18.2 Å². The van der Waals surface area contributed by atoms with Crippen LogP contribution in [0, 0.1) is 5.92 Å². The molecule has 0 radical (unpaired) electrons. The molecule has 1 aromatic rings. The van der Waals surface area contributed by atoms with Gasteiger partial charge in [0.15, 0.2) is 0 Å². The van der Waals surface area contributed by atoms with Crippen LogP contribution in [0.15, 0.2) is 24.7 Å². The van der Waals surface area contributed by atoms with Crippen LogP contribution in [0.5, 0.6) is 0 Å². The third-order valence-electron chi connectivity index (χ3n) is 3.19. The van der Waals surface area contributed by atoms with E-state index in [1.165, 1.54) is 6.33 Å². The smallest absolute Gasteiger partial charge is 0.475 e. The standard InChI is InChI=1S/C11H11N5O.C2HF3O2/c12-11(17)10-7-3-1-2-6-4-13-5-14-8(6)9(7)15-16-10;3-2(4,5)1(6)7/h1-5,7,10,15-16H,(H2,12,17);(H,6,7). The van der Waals surface area contributed by atoms with Crippen LogP contribution < -0.4 is 27.2 Å². The Balaban J connectivity index is 0.000000256. The second kappa shape index (κ2) is 6.66. The van der Waals surface area contributed by atoms with Crippen molar-refractivity contribution in [1.29, 1.82) is 0 Å². The van der Waals surface area contributed by atoms with Crippen molar-refractivity contribution in [1.82, 2.24) is 20.8 Å². The number of aromatic nitrogens is 2. The Hall–Kier alpha value is -2.95. The molecule has 128 valence electrons. The van der Waals surface area contributed by atoms with Gasteiger partial charge in [0.05, 0.1) is 11.0 Å². The summed E-state index contributed by atoms with van der Waals surface area (Å²) in [6.07, 6.45) is 3.88. The molecule has 1 aromatic heterocycles. The van der Waals surface area contributed by atoms with Crippen molar-refractivity contribution in [3.8, 4) is 0 Å². The molecule has 2 aliphatic rings. The van der Waals surface area contributed by atoms with Crippen LogP contribution >= 0.6 is 0 Å². The van der Waals surface area contributed by atoms with E-state index in [0.29, 0.717) is 0 Å². The molecule has 2 atom stereocenters. The number of allylic oxidation sites excluding steroid dienone is 1. The van der Waals surface area contributed by atoms with Gasteiger partial charge in [0.2, 0.25) is 5.91 Å². The number of hydrogen-bond acceptors (Lipinski definition) is 6. The van der Waals surface area contributed by atoms with E-state index >= 15 is 0 Å². The summed E-state index contributed by atoms with van der Waals surface area (Å²) in [6, 6.07) is -0.449. The molecular formula is C13H12F3N5O3. The molecule has 1 saturated heterocycles. The third-order valence-corrected chi connectivity index (χ3v) is 3.19. The summed E-state index contributed by atoms with van der Waals surface area (Å²) in [4.78, 5) is 28.4. The molecule has 3 rings (SSSR count). The normalized spacial score (nSPS) is 21.2. The number of nitrogens with one attached hydrogen (secondary N) is 2. The SMILES string of the molecule is NC(=O)C1NNC2=c3ncncc3=CC=CC21.O=C(O)C(F)(F)F. The van der Waals surface area contributed by atoms with E-state index in [1.54, 1.807) is 6.20 Å². The Kier molecular flexibility index (Phi) is 4.83. The summed E-state index contributed by atoms with van der Waals surface area (Å²) in [7, 11) is 0. The van der Waals surface area contributed by atoms with Crippen molar-refractivity contribution in [3.05, 3.63) is 35.2 Å². The van der Waals surface area contributed by atoms with Gasteiger partial charge in [0.25, 0.3) is 0 Å². The lowest BCUT2D eigenvalue weighted by Crippen LogP contribution is -2.42. The van der Waals surface area contributed by atoms with Crippen LogP contribution in [-0.2, 0) is 9.59 Å². The minimum absolute atomic E-state index is 0.111. The van der Waals surface area contributed by atoms with Gasteiger partial charge in [-0.1, -0.05) is 18.2 Å². The highest BCUT2D eigenvalue weighted by Crippen LogP contribution is 2.20. The number of amides is 1. The van der Waals surface area contributed by atoms with Crippen molar-refractivity contribution in [2.24, 2.45) is 11.7 Å². The van der Waals surface area contributed by atoms with Gasteiger partial charge in [-0.25, -0.2) is 20.2 Å². The van der Waals surface area contributed by atoms with Crippen LogP contribution in [0.3, 0.4) is 0 Å². The zero-order valence-corrected chi connectivity index (χ0v) is 11.9. The molecule has 5 N–H and O–H groups in total. The fourth-order valence-electron chi connectivity index (χ4n) is 2.13. The van der Waals surface area contributed by atoms with Crippen LogP contribution in [0.25, 0.3) is 11.8 Å². The summed E-state index contributed by atoms with van der Waals surface area (Å²) in [5.41, 5.74) is 12.1. The number of carboxylic acid groups (broad SMARTS) is 1. The predicted molar refractivity (Wildman–Crippen MR) is 74.7 cm³/mol. The fraction of sp³-hybridized carbons (Fsp3) is 0.231. The molecule has 1 aliphatic heterocycles. The van der Waals surface area contributed by atoms with Gasteiger partial charge >= 0.3 is 12.1 Å². The molecule has 0 bridgehead atoms. The summed E-state index contributed by atoms with van der Waals surface area (Å²) in [5, 5.41) is 8.84. The van der Waals surface area contributed by atoms with Gasteiger partial charge in [-0.05, 0) is 0 Å². The summed E-state index contributed by atoms with van der Waals surface area (Å²) >= 11 is 0. The molecule has 2 heterocycles. The number of alkyl halides is 3. The minimum atomic E-state index is -5.08. The Bertz CT molecular complexity index is 806. The number of hydrazine groups is 1. The molecular weight excluding hydrogens is 331 g/mol. The highest BCUT2D eigenvalue weighted by atomic mass is 19.4. The second-order valence-corrected chi connectivity index (χ2v) is 4.77. The molecule has 8 nitrogen and oxygen atoms in total. The maximum atomic E-state index is 11.3. The molecule has 1 fully saturated rings. The average molecular weight is 343 g/mol. The number of halogens is 3. The number of aliphatic carboxylic acids is 1. The second-order valence-electron chi connectivity index (χ2n) is 4.77. The van der Waals surface area contributed by atoms with Gasteiger partial charge in [-0.3, -0.25) is 4.79 Å². The molecule has 0 aromatic carbocycles. The fourth-order valence-corrected chi connectivity index (χ4v) is 2.13. The number of rotatable bonds is 1. The van der Waals surface area contributed by atoms with Gasteiger partial charge in [0, 0.05) is 17.3 Å². The van der Waals surface area contributed by atoms with E-state index in [-0.39, 0.29) is 11.8 Å². The van der Waals surface area contributed by atoms with Crippen molar-refractivity contribution in [2.75, 3.05) is 0 Å². The first-order valence-corrected chi connectivity index (χ1v) is 6.51. The van der Waals surface area contributed by atoms with E-state index in [9.17, 15) is 18.0 Å². The van der Waals surface area contributed by atoms with Gasteiger partial charge < -0.3 is 16.3 Å². The predicted octanol–water partition coefficient (Wildman–Crippen LogP) is -1.85. The minimum Gasteiger partial charge on any atom is -0.475 e. The van der Waals surface area contributed by atoms with Crippen LogP contribution in [0.4, 0.5) is 13.2 Å². The molecule has 0 spiro atoms. The highest BCUT2D eigenvalue weighted by Gasteiger charge is 2.38. The Morgan fingerprint density at radius 2 is 2.00 bits per heavy atom. The Labute approximate surface area is 132 Å². The molecule has 24 heavy (non-hydrogen) atoms. The van der Waals surface area contributed by atoms with Gasteiger partial charge in [0.1, 0.15) is 12.4 Å². The number of hydrogen-bond donors (Lipinski definition) is 4. The number of carboxylic acids is 1. The Morgan fingerprint density at radius 1 is 1.33 bits per heavy atom. The lowest BCUT2D eigenvalue weighted by Gasteiger charge is -2.09. The summed E-state index contributed by atoms with van der Waals surface area (Å²) in [5.74, 6) is -3.26. The van der Waals surface area contributed by atoms with E-state index in [4.69, 9.17) is 15.6 Å². The monoisotopic (exact) mass is 343 g/mol. The van der Waals surface area contributed by atoms with Gasteiger partial charge in [-0.2, -0.15) is 13.2 Å². The molecule has 1 amide bonds. The maximum absolute atomic E-state index is 11.3. The van der Waals surface area contributed by atoms with Crippen molar-refractivity contribution >= 4 is 23.6 Å². The first-order chi connectivity index (χ1) is 11.2. The van der Waals surface area contributed by atoms with E-state index in [1.807, 2.05) is 18.2 Å². The highest BCUT2D eigenvalue weighted by molar-refractivity contribution is 5.84. The zero-order valence-electron chi connectivity index (χ0n) is 11.9.